The molecule has 0 saturated carbocycles. The van der Waals surface area contributed by atoms with E-state index in [-0.39, 0.29) is 4.47 Å². The molecule has 0 amide bonds. The fourth-order valence-corrected chi connectivity index (χ4v) is 1.84. The first-order chi connectivity index (χ1) is 7.79. The van der Waals surface area contributed by atoms with Gasteiger partial charge in [0, 0.05) is 0 Å². The summed E-state index contributed by atoms with van der Waals surface area (Å²) in [5.74, 6) is 0. The van der Waals surface area contributed by atoms with E-state index >= 15 is 0 Å². The second-order valence-corrected chi connectivity index (χ2v) is 3.87. The van der Waals surface area contributed by atoms with Crippen LogP contribution in [0, 0.1) is 21.4 Å². The Morgan fingerprint density at radius 2 is 2.06 bits per heavy atom. The lowest BCUT2D eigenvalue weighted by molar-refractivity contribution is -0.386. The molecule has 17 heavy (non-hydrogen) atoms. The van der Waals surface area contributed by atoms with E-state index < -0.39 is 34.3 Å². The molecule has 0 bridgehead atoms. The summed E-state index contributed by atoms with van der Waals surface area (Å²) in [6.07, 6.45) is -5.40. The van der Waals surface area contributed by atoms with Crippen molar-refractivity contribution in [3.63, 3.8) is 0 Å². The zero-order valence-corrected chi connectivity index (χ0v) is 9.67. The fraction of sp³-hybridized carbons (Fsp3) is 0.222. The van der Waals surface area contributed by atoms with E-state index in [1.165, 1.54) is 6.07 Å². The predicted molar refractivity (Wildman–Crippen MR) is 55.1 cm³/mol. The van der Waals surface area contributed by atoms with Crippen molar-refractivity contribution in [2.45, 2.75) is 12.6 Å². The number of nitro groups is 1. The van der Waals surface area contributed by atoms with E-state index in [1.807, 2.05) is 0 Å². The third kappa shape index (κ3) is 2.74. The van der Waals surface area contributed by atoms with E-state index in [2.05, 4.69) is 15.9 Å². The lowest BCUT2D eigenvalue weighted by Gasteiger charge is -2.11. The van der Waals surface area contributed by atoms with E-state index in [9.17, 15) is 23.3 Å². The van der Waals surface area contributed by atoms with Gasteiger partial charge in [-0.2, -0.15) is 18.4 Å². The number of rotatable bonds is 2. The monoisotopic (exact) mass is 308 g/mol. The van der Waals surface area contributed by atoms with Crippen molar-refractivity contribution in [2.75, 3.05) is 0 Å². The summed E-state index contributed by atoms with van der Waals surface area (Å²) in [5, 5.41) is 19.1. The molecule has 90 valence electrons. The van der Waals surface area contributed by atoms with Gasteiger partial charge in [0.05, 0.1) is 33.0 Å². The van der Waals surface area contributed by atoms with Crippen molar-refractivity contribution in [1.82, 2.24) is 0 Å². The topological polar surface area (TPSA) is 66.9 Å². The Morgan fingerprint density at radius 1 is 1.47 bits per heavy atom. The first kappa shape index (κ1) is 13.4. The molecule has 0 N–H and O–H groups in total. The highest BCUT2D eigenvalue weighted by Gasteiger charge is 2.37. The number of hydrogen-bond donors (Lipinski definition) is 0. The van der Waals surface area contributed by atoms with Gasteiger partial charge < -0.3 is 0 Å². The van der Waals surface area contributed by atoms with Crippen molar-refractivity contribution in [1.29, 1.82) is 5.26 Å². The molecule has 0 aromatic heterocycles. The first-order valence-corrected chi connectivity index (χ1v) is 4.98. The van der Waals surface area contributed by atoms with Gasteiger partial charge in [-0.15, -0.1) is 0 Å². The molecule has 0 aliphatic heterocycles. The fourth-order valence-electron chi connectivity index (χ4n) is 1.33. The summed E-state index contributed by atoms with van der Waals surface area (Å²) in [7, 11) is 0. The second-order valence-electron chi connectivity index (χ2n) is 3.01. The standard InChI is InChI=1S/C9H4BrF3N2O2/c10-7-2-1-6(9(11,12)13)5(3-4-14)8(7)15(16)17/h1-2H,3H2. The van der Waals surface area contributed by atoms with Crippen LogP contribution in [0.3, 0.4) is 0 Å². The molecule has 0 saturated heterocycles. The van der Waals surface area contributed by atoms with Crippen LogP contribution in [0.5, 0.6) is 0 Å². The summed E-state index contributed by atoms with van der Waals surface area (Å²) < 4.78 is 37.7. The van der Waals surface area contributed by atoms with E-state index in [0.29, 0.717) is 6.07 Å². The average Bonchev–Trinajstić information content (AvgIpc) is 2.15. The van der Waals surface area contributed by atoms with Gasteiger partial charge in [0.15, 0.2) is 0 Å². The van der Waals surface area contributed by atoms with Crippen molar-refractivity contribution in [2.24, 2.45) is 0 Å². The van der Waals surface area contributed by atoms with Gasteiger partial charge in [-0.3, -0.25) is 10.1 Å². The van der Waals surface area contributed by atoms with Gasteiger partial charge >= 0.3 is 6.18 Å². The lowest BCUT2D eigenvalue weighted by Crippen LogP contribution is -2.11. The highest BCUT2D eigenvalue weighted by atomic mass is 79.9. The molecule has 0 unspecified atom stereocenters. The molecule has 0 atom stereocenters. The summed E-state index contributed by atoms with van der Waals surface area (Å²) in [6, 6.07) is 3.15. The molecule has 0 spiro atoms. The molecular weight excluding hydrogens is 305 g/mol. The molecule has 8 heteroatoms. The summed E-state index contributed by atoms with van der Waals surface area (Å²) in [4.78, 5) is 9.76. The van der Waals surface area contributed by atoms with Crippen LogP contribution in [0.2, 0.25) is 0 Å². The largest absolute Gasteiger partial charge is 0.416 e. The number of nitro benzene ring substituents is 1. The number of benzene rings is 1. The Labute approximate surface area is 102 Å². The van der Waals surface area contributed by atoms with Gasteiger partial charge in [0.25, 0.3) is 5.69 Å². The van der Waals surface area contributed by atoms with Crippen LogP contribution >= 0.6 is 15.9 Å². The Balaban J connectivity index is 3.60. The first-order valence-electron chi connectivity index (χ1n) is 4.19. The van der Waals surface area contributed by atoms with Gasteiger partial charge in [0.1, 0.15) is 0 Å². The van der Waals surface area contributed by atoms with E-state index in [1.54, 1.807) is 0 Å². The zero-order valence-electron chi connectivity index (χ0n) is 8.08. The van der Waals surface area contributed by atoms with Crippen LogP contribution in [0.1, 0.15) is 11.1 Å². The Kier molecular flexibility index (Phi) is 3.72. The molecule has 0 radical (unpaired) electrons. The summed E-state index contributed by atoms with van der Waals surface area (Å²) in [6.45, 7) is 0. The minimum atomic E-state index is -4.72. The van der Waals surface area contributed by atoms with Crippen LogP contribution < -0.4 is 0 Å². The number of hydrogen-bond acceptors (Lipinski definition) is 3. The third-order valence-corrected chi connectivity index (χ3v) is 2.62. The molecule has 0 heterocycles. The van der Waals surface area contributed by atoms with Crippen LogP contribution in [-0.2, 0) is 12.6 Å². The van der Waals surface area contributed by atoms with Crippen LogP contribution in [0.25, 0.3) is 0 Å². The van der Waals surface area contributed by atoms with Gasteiger partial charge in [-0.1, -0.05) is 0 Å². The van der Waals surface area contributed by atoms with Gasteiger partial charge in [-0.25, -0.2) is 0 Å². The Morgan fingerprint density at radius 3 is 2.47 bits per heavy atom. The normalized spacial score (nSPS) is 11.0. The average molecular weight is 309 g/mol. The van der Waals surface area contributed by atoms with Gasteiger partial charge in [-0.05, 0) is 28.1 Å². The Hall–Kier alpha value is -1.62. The molecular formula is C9H4BrF3N2O2. The maximum atomic E-state index is 12.6. The minimum absolute atomic E-state index is 0.0826. The maximum absolute atomic E-state index is 12.6. The molecule has 1 aromatic carbocycles. The predicted octanol–water partition coefficient (Wildman–Crippen LogP) is 3.44. The molecule has 4 nitrogen and oxygen atoms in total. The number of alkyl halides is 3. The Bertz CT molecular complexity index is 508. The highest BCUT2D eigenvalue weighted by Crippen LogP contribution is 2.39. The van der Waals surface area contributed by atoms with Crippen LogP contribution in [0.15, 0.2) is 16.6 Å². The number of halogens is 4. The summed E-state index contributed by atoms with van der Waals surface area (Å²) in [5.41, 5.74) is -2.50. The molecule has 1 aromatic rings. The maximum Gasteiger partial charge on any atom is 0.416 e. The number of nitriles is 1. The smallest absolute Gasteiger partial charge is 0.258 e. The second kappa shape index (κ2) is 4.71. The SMILES string of the molecule is N#CCc1c(C(F)(F)F)ccc(Br)c1[N+](=O)[O-]. The van der Waals surface area contributed by atoms with Crippen LogP contribution in [0.4, 0.5) is 18.9 Å². The molecule has 0 aliphatic rings. The molecule has 1 rings (SSSR count). The molecule has 0 aliphatic carbocycles. The van der Waals surface area contributed by atoms with Crippen molar-refractivity contribution in [3.05, 3.63) is 37.8 Å². The lowest BCUT2D eigenvalue weighted by atomic mass is 10.0. The number of nitrogens with zero attached hydrogens (tertiary/aromatic N) is 2. The minimum Gasteiger partial charge on any atom is -0.258 e. The van der Waals surface area contributed by atoms with Crippen LogP contribution in [-0.4, -0.2) is 4.92 Å². The zero-order chi connectivity index (χ0) is 13.2. The van der Waals surface area contributed by atoms with E-state index in [4.69, 9.17) is 5.26 Å². The van der Waals surface area contributed by atoms with Gasteiger partial charge in [0.2, 0.25) is 0 Å². The van der Waals surface area contributed by atoms with Crippen molar-refractivity contribution in [3.8, 4) is 6.07 Å². The van der Waals surface area contributed by atoms with Crippen molar-refractivity contribution >= 4 is 21.6 Å². The highest BCUT2D eigenvalue weighted by molar-refractivity contribution is 9.10. The van der Waals surface area contributed by atoms with E-state index in [0.717, 1.165) is 6.07 Å². The van der Waals surface area contributed by atoms with Crippen molar-refractivity contribution < 1.29 is 18.1 Å². The quantitative estimate of drug-likeness (QED) is 0.621. The summed E-state index contributed by atoms with van der Waals surface area (Å²) >= 11 is 2.80. The third-order valence-electron chi connectivity index (χ3n) is 1.98. The molecule has 0 fully saturated rings.